The Morgan fingerprint density at radius 3 is 3.14 bits per heavy atom. The minimum absolute atomic E-state index is 0.0722. The molecule has 0 radical (unpaired) electrons. The summed E-state index contributed by atoms with van der Waals surface area (Å²) < 4.78 is 0. The van der Waals surface area contributed by atoms with Gasteiger partial charge in [0.25, 0.3) is 5.91 Å². The number of anilines is 1. The molecule has 1 unspecified atom stereocenters. The molecule has 1 aromatic carbocycles. The maximum Gasteiger partial charge on any atom is 0.255 e. The number of nitrogens with zero attached hydrogens (tertiary/aromatic N) is 1. The molecular formula is C14H13ClN4O2. The van der Waals surface area contributed by atoms with E-state index in [9.17, 15) is 9.90 Å². The molecule has 0 saturated carbocycles. The third-order valence-electron chi connectivity index (χ3n) is 4.15. The maximum atomic E-state index is 12.7. The van der Waals surface area contributed by atoms with Crippen LogP contribution < -0.4 is 10.6 Å². The van der Waals surface area contributed by atoms with E-state index < -0.39 is 5.54 Å². The van der Waals surface area contributed by atoms with Crippen LogP contribution in [0.3, 0.4) is 0 Å². The molecule has 2 aliphatic heterocycles. The van der Waals surface area contributed by atoms with E-state index in [0.29, 0.717) is 17.1 Å². The van der Waals surface area contributed by atoms with E-state index in [1.54, 1.807) is 24.5 Å². The number of aromatic nitrogens is 2. The molecule has 2 aliphatic rings. The second-order valence-corrected chi connectivity index (χ2v) is 5.78. The summed E-state index contributed by atoms with van der Waals surface area (Å²) in [6, 6.07) is 5.05. The third kappa shape index (κ3) is 1.61. The molecule has 4 N–H and O–H groups in total. The standard InChI is InChI=1S/C14H13ClN4O2/c15-7-1-2-10-9(3-7)14(13(21)18-10)12-11(16-6-17-12)4-8(5-20)19-14/h1-3,6,8,19-20H,4-5H2,(H,16,17)(H,18,21)/t8-,14?/m0/s1. The third-order valence-corrected chi connectivity index (χ3v) is 4.38. The number of aliphatic hydroxyl groups is 1. The number of H-pyrrole nitrogens is 1. The summed E-state index contributed by atoms with van der Waals surface area (Å²) >= 11 is 6.10. The smallest absolute Gasteiger partial charge is 0.255 e. The average molecular weight is 305 g/mol. The number of aromatic amines is 1. The van der Waals surface area contributed by atoms with Crippen LogP contribution in [0, 0.1) is 0 Å². The van der Waals surface area contributed by atoms with Crippen molar-refractivity contribution in [2.24, 2.45) is 0 Å². The van der Waals surface area contributed by atoms with E-state index in [1.807, 2.05) is 0 Å². The lowest BCUT2D eigenvalue weighted by Gasteiger charge is -2.36. The van der Waals surface area contributed by atoms with Gasteiger partial charge in [-0.15, -0.1) is 0 Å². The van der Waals surface area contributed by atoms with Crippen molar-refractivity contribution in [1.29, 1.82) is 0 Å². The Kier molecular flexibility index (Phi) is 2.63. The lowest BCUT2D eigenvalue weighted by Crippen LogP contribution is -2.58. The van der Waals surface area contributed by atoms with Crippen LogP contribution in [0.15, 0.2) is 24.5 Å². The van der Waals surface area contributed by atoms with Crippen molar-refractivity contribution in [2.45, 2.75) is 18.0 Å². The lowest BCUT2D eigenvalue weighted by atomic mass is 9.81. The van der Waals surface area contributed by atoms with Gasteiger partial charge < -0.3 is 15.4 Å². The zero-order chi connectivity index (χ0) is 14.6. The topological polar surface area (TPSA) is 90.0 Å². The summed E-state index contributed by atoms with van der Waals surface area (Å²) in [6.07, 6.45) is 2.14. The first-order valence-corrected chi connectivity index (χ1v) is 7.05. The van der Waals surface area contributed by atoms with E-state index in [2.05, 4.69) is 20.6 Å². The van der Waals surface area contributed by atoms with Crippen LogP contribution in [0.5, 0.6) is 0 Å². The quantitative estimate of drug-likeness (QED) is 0.626. The highest BCUT2D eigenvalue weighted by Gasteiger charge is 2.53. The van der Waals surface area contributed by atoms with Gasteiger partial charge in [0.1, 0.15) is 0 Å². The number of amides is 1. The van der Waals surface area contributed by atoms with Crippen LogP contribution in [0.4, 0.5) is 5.69 Å². The molecule has 108 valence electrons. The van der Waals surface area contributed by atoms with Crippen LogP contribution >= 0.6 is 11.6 Å². The molecule has 1 amide bonds. The van der Waals surface area contributed by atoms with Gasteiger partial charge in [0.15, 0.2) is 5.54 Å². The second-order valence-electron chi connectivity index (χ2n) is 5.35. The normalized spacial score (nSPS) is 26.6. The molecule has 1 aromatic heterocycles. The summed E-state index contributed by atoms with van der Waals surface area (Å²) in [4.78, 5) is 20.0. The summed E-state index contributed by atoms with van der Waals surface area (Å²) in [6.45, 7) is -0.0722. The van der Waals surface area contributed by atoms with Crippen molar-refractivity contribution in [1.82, 2.24) is 15.3 Å². The Balaban J connectivity index is 1.99. The number of carbonyl (C=O) groups excluding carboxylic acids is 1. The number of carbonyl (C=O) groups is 1. The van der Waals surface area contributed by atoms with Crippen molar-refractivity contribution < 1.29 is 9.90 Å². The summed E-state index contributed by atoms with van der Waals surface area (Å²) in [5.41, 5.74) is 1.90. The second kappa shape index (κ2) is 4.30. The van der Waals surface area contributed by atoms with Gasteiger partial charge in [-0.3, -0.25) is 10.1 Å². The molecule has 0 saturated heterocycles. The molecule has 1 spiro atoms. The number of hydrogen-bond donors (Lipinski definition) is 4. The fraction of sp³-hybridized carbons (Fsp3) is 0.286. The van der Waals surface area contributed by atoms with Crippen LogP contribution in [-0.4, -0.2) is 33.6 Å². The van der Waals surface area contributed by atoms with Gasteiger partial charge in [0.2, 0.25) is 0 Å². The van der Waals surface area contributed by atoms with Gasteiger partial charge in [-0.05, 0) is 18.2 Å². The largest absolute Gasteiger partial charge is 0.395 e. The molecule has 3 heterocycles. The van der Waals surface area contributed by atoms with Crippen LogP contribution in [0.1, 0.15) is 17.0 Å². The van der Waals surface area contributed by atoms with E-state index in [4.69, 9.17) is 11.6 Å². The van der Waals surface area contributed by atoms with Crippen molar-refractivity contribution in [3.8, 4) is 0 Å². The first kappa shape index (κ1) is 12.8. The predicted molar refractivity (Wildman–Crippen MR) is 77.2 cm³/mol. The highest BCUT2D eigenvalue weighted by Crippen LogP contribution is 2.44. The number of rotatable bonds is 1. The Bertz CT molecular complexity index is 744. The predicted octanol–water partition coefficient (Wildman–Crippen LogP) is 0.765. The van der Waals surface area contributed by atoms with Crippen LogP contribution in [-0.2, 0) is 16.8 Å². The summed E-state index contributed by atoms with van der Waals surface area (Å²) in [7, 11) is 0. The van der Waals surface area contributed by atoms with Crippen molar-refractivity contribution >= 4 is 23.2 Å². The average Bonchev–Trinajstić information content (AvgIpc) is 3.05. The monoisotopic (exact) mass is 304 g/mol. The molecule has 0 bridgehead atoms. The molecule has 4 rings (SSSR count). The molecule has 2 aromatic rings. The maximum absolute atomic E-state index is 12.7. The number of hydrogen-bond acceptors (Lipinski definition) is 4. The first-order valence-electron chi connectivity index (χ1n) is 6.68. The highest BCUT2D eigenvalue weighted by atomic mass is 35.5. The lowest BCUT2D eigenvalue weighted by molar-refractivity contribution is -0.121. The molecule has 21 heavy (non-hydrogen) atoms. The van der Waals surface area contributed by atoms with E-state index >= 15 is 0 Å². The highest BCUT2D eigenvalue weighted by molar-refractivity contribution is 6.31. The minimum atomic E-state index is -1.07. The fourth-order valence-corrected chi connectivity index (χ4v) is 3.41. The molecule has 6 nitrogen and oxygen atoms in total. The van der Waals surface area contributed by atoms with Crippen LogP contribution in [0.25, 0.3) is 0 Å². The van der Waals surface area contributed by atoms with E-state index in [-0.39, 0.29) is 18.6 Å². The zero-order valence-corrected chi connectivity index (χ0v) is 11.7. The summed E-state index contributed by atoms with van der Waals surface area (Å²) in [5.74, 6) is -0.191. The van der Waals surface area contributed by atoms with E-state index in [1.165, 1.54) is 0 Å². The van der Waals surface area contributed by atoms with Gasteiger partial charge in [0.05, 0.1) is 24.3 Å². The van der Waals surface area contributed by atoms with Crippen molar-refractivity contribution in [2.75, 3.05) is 11.9 Å². The van der Waals surface area contributed by atoms with Gasteiger partial charge in [-0.2, -0.15) is 0 Å². The SMILES string of the molecule is O=C1Nc2ccc(Cl)cc2C12N[C@H](CO)Cc1nc[nH]c12. The Morgan fingerprint density at radius 1 is 1.48 bits per heavy atom. The molecule has 7 heteroatoms. The fourth-order valence-electron chi connectivity index (χ4n) is 3.24. The molecular weight excluding hydrogens is 292 g/mol. The van der Waals surface area contributed by atoms with Gasteiger partial charge >= 0.3 is 0 Å². The molecule has 2 atom stereocenters. The number of nitrogens with one attached hydrogen (secondary N) is 3. The molecule has 0 fully saturated rings. The Morgan fingerprint density at radius 2 is 2.33 bits per heavy atom. The van der Waals surface area contributed by atoms with E-state index in [0.717, 1.165) is 16.9 Å². The number of aliphatic hydroxyl groups excluding tert-OH is 1. The van der Waals surface area contributed by atoms with Gasteiger partial charge in [-0.25, -0.2) is 4.98 Å². The molecule has 0 aliphatic carbocycles. The first-order chi connectivity index (χ1) is 10.1. The Labute approximate surface area is 125 Å². The van der Waals surface area contributed by atoms with Gasteiger partial charge in [-0.1, -0.05) is 11.6 Å². The summed E-state index contributed by atoms with van der Waals surface area (Å²) in [5, 5.41) is 16.2. The Hall–Kier alpha value is -1.89. The zero-order valence-electron chi connectivity index (χ0n) is 11.0. The number of halogens is 1. The minimum Gasteiger partial charge on any atom is -0.395 e. The van der Waals surface area contributed by atoms with Crippen molar-refractivity contribution in [3.05, 3.63) is 46.5 Å². The number of imidazole rings is 1. The van der Waals surface area contributed by atoms with Gasteiger partial charge in [0, 0.05) is 28.7 Å². The van der Waals surface area contributed by atoms with Crippen molar-refractivity contribution in [3.63, 3.8) is 0 Å². The number of benzene rings is 1. The van der Waals surface area contributed by atoms with Crippen LogP contribution in [0.2, 0.25) is 5.02 Å². The number of fused-ring (bicyclic) bond motifs is 4.